The van der Waals surface area contributed by atoms with Gasteiger partial charge >= 0.3 is 0 Å². The van der Waals surface area contributed by atoms with E-state index >= 15 is 0 Å². The van der Waals surface area contributed by atoms with E-state index in [-0.39, 0.29) is 11.9 Å². The van der Waals surface area contributed by atoms with E-state index in [1.807, 2.05) is 4.90 Å². The largest absolute Gasteiger partial charge is 0.457 e. The van der Waals surface area contributed by atoms with Crippen LogP contribution in [-0.2, 0) is 0 Å². The second-order valence-corrected chi connectivity index (χ2v) is 5.87. The summed E-state index contributed by atoms with van der Waals surface area (Å²) < 4.78 is 5.64. The van der Waals surface area contributed by atoms with E-state index in [1.165, 1.54) is 6.42 Å². The second kappa shape index (κ2) is 5.90. The molecule has 1 aliphatic rings. The van der Waals surface area contributed by atoms with Gasteiger partial charge in [-0.3, -0.25) is 4.79 Å². The molecular weight excluding hydrogens is 282 g/mol. The zero-order valence-corrected chi connectivity index (χ0v) is 13.2. The molecule has 1 aliphatic heterocycles. The average Bonchev–Trinajstić information content (AvgIpc) is 3.15. The summed E-state index contributed by atoms with van der Waals surface area (Å²) in [7, 11) is 0. The molecule has 1 fully saturated rings. The van der Waals surface area contributed by atoms with Gasteiger partial charge in [0.2, 0.25) is 5.82 Å². The van der Waals surface area contributed by atoms with E-state index in [0.717, 1.165) is 19.3 Å². The van der Waals surface area contributed by atoms with Gasteiger partial charge in [-0.2, -0.15) is 5.21 Å². The molecule has 1 saturated heterocycles. The molecule has 0 saturated carbocycles. The fraction of sp³-hybridized carbons (Fsp3) is 0.600. The number of amides is 1. The first kappa shape index (κ1) is 14.7. The molecule has 7 heteroatoms. The number of furan rings is 1. The van der Waals surface area contributed by atoms with Gasteiger partial charge in [-0.1, -0.05) is 6.92 Å². The smallest absolute Gasteiger partial charge is 0.257 e. The van der Waals surface area contributed by atoms with Gasteiger partial charge in [0, 0.05) is 18.2 Å². The molecule has 0 radical (unpaired) electrons. The van der Waals surface area contributed by atoms with Crippen LogP contribution in [-0.4, -0.2) is 43.5 Å². The van der Waals surface area contributed by atoms with Gasteiger partial charge in [-0.05, 0) is 44.7 Å². The van der Waals surface area contributed by atoms with Crippen molar-refractivity contribution in [1.29, 1.82) is 0 Å². The maximum Gasteiger partial charge on any atom is 0.257 e. The van der Waals surface area contributed by atoms with Crippen molar-refractivity contribution in [2.45, 2.75) is 58.5 Å². The lowest BCUT2D eigenvalue weighted by molar-refractivity contribution is 0.0471. The highest BCUT2D eigenvalue weighted by Crippen LogP contribution is 2.29. The van der Waals surface area contributed by atoms with Crippen molar-refractivity contribution in [3.05, 3.63) is 17.4 Å². The van der Waals surface area contributed by atoms with Crippen molar-refractivity contribution in [3.8, 4) is 11.6 Å². The molecule has 2 atom stereocenters. The summed E-state index contributed by atoms with van der Waals surface area (Å²) in [6.07, 6.45) is 4.28. The highest BCUT2D eigenvalue weighted by molar-refractivity contribution is 5.96. The Labute approximate surface area is 129 Å². The standard InChI is InChI=1S/C15H21N5O2/c1-4-11-7-5-6-9(2)20(11)15(21)12-8-13(22-10(12)3)14-16-18-19-17-14/h8-9,11H,4-7H2,1-3H3,(H,16,17,18,19)/t9-,11+/m0/s1. The van der Waals surface area contributed by atoms with Crippen LogP contribution in [0.5, 0.6) is 0 Å². The predicted octanol–water partition coefficient (Wildman–Crippen LogP) is 2.56. The molecule has 118 valence electrons. The molecule has 0 aromatic carbocycles. The van der Waals surface area contributed by atoms with Crippen LogP contribution in [0.2, 0.25) is 0 Å². The van der Waals surface area contributed by atoms with Gasteiger partial charge in [0.15, 0.2) is 5.76 Å². The molecule has 1 N–H and O–H groups in total. The van der Waals surface area contributed by atoms with Crippen molar-refractivity contribution in [3.63, 3.8) is 0 Å². The van der Waals surface area contributed by atoms with Gasteiger partial charge in [0.25, 0.3) is 5.91 Å². The van der Waals surface area contributed by atoms with Crippen LogP contribution in [0.3, 0.4) is 0 Å². The number of carbonyl (C=O) groups excluding carboxylic acids is 1. The molecule has 2 aromatic rings. The number of carbonyl (C=O) groups is 1. The lowest BCUT2D eigenvalue weighted by atomic mass is 9.94. The molecule has 0 bridgehead atoms. The Balaban J connectivity index is 1.91. The molecule has 2 aromatic heterocycles. The molecule has 0 unspecified atom stereocenters. The summed E-state index contributed by atoms with van der Waals surface area (Å²) >= 11 is 0. The van der Waals surface area contributed by atoms with Crippen molar-refractivity contribution in [1.82, 2.24) is 25.5 Å². The van der Waals surface area contributed by atoms with Crippen molar-refractivity contribution < 1.29 is 9.21 Å². The van der Waals surface area contributed by atoms with Gasteiger partial charge < -0.3 is 9.32 Å². The number of tetrazole rings is 1. The topological polar surface area (TPSA) is 87.9 Å². The van der Waals surface area contributed by atoms with E-state index in [2.05, 4.69) is 34.5 Å². The Hall–Kier alpha value is -2.18. The van der Waals surface area contributed by atoms with Crippen molar-refractivity contribution >= 4 is 5.91 Å². The third-order valence-electron chi connectivity index (χ3n) is 4.45. The lowest BCUT2D eigenvalue weighted by Crippen LogP contribution is -2.48. The number of rotatable bonds is 3. The van der Waals surface area contributed by atoms with Crippen LogP contribution in [0, 0.1) is 6.92 Å². The minimum Gasteiger partial charge on any atom is -0.457 e. The first-order valence-electron chi connectivity index (χ1n) is 7.78. The Morgan fingerprint density at radius 2 is 2.32 bits per heavy atom. The highest BCUT2D eigenvalue weighted by Gasteiger charge is 2.33. The number of piperidine rings is 1. The van der Waals surface area contributed by atoms with Crippen molar-refractivity contribution in [2.24, 2.45) is 0 Å². The average molecular weight is 303 g/mol. The SMILES string of the molecule is CC[C@@H]1CCC[C@H](C)N1C(=O)c1cc(-c2nn[nH]n2)oc1C. The Morgan fingerprint density at radius 3 is 3.00 bits per heavy atom. The molecule has 0 spiro atoms. The predicted molar refractivity (Wildman–Crippen MR) is 80.2 cm³/mol. The number of hydrogen-bond acceptors (Lipinski definition) is 5. The zero-order valence-electron chi connectivity index (χ0n) is 13.2. The number of aromatic nitrogens is 4. The molecular formula is C15H21N5O2. The van der Waals surface area contributed by atoms with Crippen LogP contribution in [0.25, 0.3) is 11.6 Å². The van der Waals surface area contributed by atoms with Gasteiger partial charge in [-0.15, -0.1) is 10.2 Å². The van der Waals surface area contributed by atoms with Gasteiger partial charge in [-0.25, -0.2) is 0 Å². The molecule has 0 aliphatic carbocycles. The molecule has 1 amide bonds. The van der Waals surface area contributed by atoms with Gasteiger partial charge in [0.1, 0.15) is 5.76 Å². The van der Waals surface area contributed by atoms with Crippen LogP contribution < -0.4 is 0 Å². The molecule has 3 rings (SSSR count). The van der Waals surface area contributed by atoms with Crippen molar-refractivity contribution in [2.75, 3.05) is 0 Å². The summed E-state index contributed by atoms with van der Waals surface area (Å²) in [4.78, 5) is 15.0. The number of likely N-dealkylation sites (tertiary alicyclic amines) is 1. The van der Waals surface area contributed by atoms with Gasteiger partial charge in [0.05, 0.1) is 5.56 Å². The van der Waals surface area contributed by atoms with E-state index in [1.54, 1.807) is 13.0 Å². The number of aryl methyl sites for hydroxylation is 1. The fourth-order valence-corrected chi connectivity index (χ4v) is 3.26. The third kappa shape index (κ3) is 2.51. The van der Waals surface area contributed by atoms with Crippen LogP contribution in [0.15, 0.2) is 10.5 Å². The first-order chi connectivity index (χ1) is 10.6. The van der Waals surface area contributed by atoms with Crippen LogP contribution >= 0.6 is 0 Å². The Bertz CT molecular complexity index is 649. The van der Waals surface area contributed by atoms with Crippen LogP contribution in [0.4, 0.5) is 0 Å². The number of aromatic amines is 1. The van der Waals surface area contributed by atoms with E-state index in [0.29, 0.717) is 29.0 Å². The maximum atomic E-state index is 13.0. The fourth-order valence-electron chi connectivity index (χ4n) is 3.26. The summed E-state index contributed by atoms with van der Waals surface area (Å²) in [5.74, 6) is 1.46. The molecule has 22 heavy (non-hydrogen) atoms. The summed E-state index contributed by atoms with van der Waals surface area (Å²) in [5.41, 5.74) is 0.590. The quantitative estimate of drug-likeness (QED) is 0.941. The minimum absolute atomic E-state index is 0.0371. The minimum atomic E-state index is 0.0371. The van der Waals surface area contributed by atoms with E-state index in [9.17, 15) is 4.79 Å². The van der Waals surface area contributed by atoms with E-state index in [4.69, 9.17) is 4.42 Å². The summed E-state index contributed by atoms with van der Waals surface area (Å²) in [6, 6.07) is 2.28. The number of nitrogens with zero attached hydrogens (tertiary/aromatic N) is 4. The number of nitrogens with one attached hydrogen (secondary N) is 1. The van der Waals surface area contributed by atoms with Crippen LogP contribution in [0.1, 0.15) is 55.6 Å². The number of hydrogen-bond donors (Lipinski definition) is 1. The summed E-state index contributed by atoms with van der Waals surface area (Å²) in [5, 5.41) is 13.7. The first-order valence-corrected chi connectivity index (χ1v) is 7.78. The maximum absolute atomic E-state index is 13.0. The van der Waals surface area contributed by atoms with E-state index < -0.39 is 0 Å². The normalized spacial score (nSPS) is 22.0. The zero-order chi connectivity index (χ0) is 15.7. The Morgan fingerprint density at radius 1 is 1.50 bits per heavy atom. The molecule has 3 heterocycles. The molecule has 7 nitrogen and oxygen atoms in total. The monoisotopic (exact) mass is 303 g/mol. The Kier molecular flexibility index (Phi) is 3.96. The lowest BCUT2D eigenvalue weighted by Gasteiger charge is -2.40. The second-order valence-electron chi connectivity index (χ2n) is 5.87. The number of H-pyrrole nitrogens is 1. The third-order valence-corrected chi connectivity index (χ3v) is 4.45. The summed E-state index contributed by atoms with van der Waals surface area (Å²) in [6.45, 7) is 6.05. The highest BCUT2D eigenvalue weighted by atomic mass is 16.3.